The van der Waals surface area contributed by atoms with Gasteiger partial charge in [0, 0.05) is 16.0 Å². The maximum absolute atomic E-state index is 14.6. The predicted octanol–water partition coefficient (Wildman–Crippen LogP) is 3.32. The summed E-state index contributed by atoms with van der Waals surface area (Å²) in [6.07, 6.45) is 0. The minimum Gasteiger partial charge on any atom is -0.395 e. The predicted molar refractivity (Wildman–Crippen MR) is 126 cm³/mol. The van der Waals surface area contributed by atoms with Gasteiger partial charge >= 0.3 is 0 Å². The number of hydrogen-bond acceptors (Lipinski definition) is 7. The van der Waals surface area contributed by atoms with Crippen molar-refractivity contribution in [3.05, 3.63) is 68.6 Å². The van der Waals surface area contributed by atoms with Crippen LogP contribution in [0, 0.1) is 5.82 Å². The third kappa shape index (κ3) is 5.55. The number of aromatic nitrogens is 1. The maximum Gasteiger partial charge on any atom is 0.270 e. The summed E-state index contributed by atoms with van der Waals surface area (Å²) >= 11 is 2.00. The van der Waals surface area contributed by atoms with E-state index in [2.05, 4.69) is 9.69 Å². The van der Waals surface area contributed by atoms with E-state index in [0.717, 1.165) is 0 Å². The van der Waals surface area contributed by atoms with E-state index in [9.17, 15) is 18.8 Å². The summed E-state index contributed by atoms with van der Waals surface area (Å²) in [5.74, 6) is -2.49. The number of nitrogens with one attached hydrogen (secondary N) is 1. The van der Waals surface area contributed by atoms with Crippen molar-refractivity contribution in [2.45, 2.75) is 38.9 Å². The lowest BCUT2D eigenvalue weighted by molar-refractivity contribution is -0.127. The molecule has 1 unspecified atom stereocenters. The molecule has 0 aliphatic heterocycles. The van der Waals surface area contributed by atoms with Gasteiger partial charge in [0.2, 0.25) is 5.91 Å². The topological polar surface area (TPSA) is 131 Å². The average Bonchev–Trinajstić information content (AvgIpc) is 3.37. The zero-order valence-electron chi connectivity index (χ0n) is 18.3. The lowest BCUT2D eigenvalue weighted by Gasteiger charge is -2.33. The van der Waals surface area contributed by atoms with Gasteiger partial charge in [-0.1, -0.05) is 24.3 Å². The lowest BCUT2D eigenvalue weighted by Crippen LogP contribution is -2.49. The molecule has 0 fully saturated rings. The highest BCUT2D eigenvalue weighted by molar-refractivity contribution is 7.10. The highest BCUT2D eigenvalue weighted by Crippen LogP contribution is 2.32. The fraction of sp³-hybridized carbons (Fsp3) is 0.273. The second-order valence-corrected chi connectivity index (χ2v) is 10.1. The quantitative estimate of drug-likeness (QED) is 0.468. The van der Waals surface area contributed by atoms with E-state index in [1.165, 1.54) is 34.4 Å². The molecule has 0 radical (unpaired) electrons. The number of carbonyl (C=O) groups is 3. The van der Waals surface area contributed by atoms with Gasteiger partial charge in [-0.25, -0.2) is 4.39 Å². The van der Waals surface area contributed by atoms with Crippen LogP contribution in [0.5, 0.6) is 0 Å². The van der Waals surface area contributed by atoms with Gasteiger partial charge in [0.1, 0.15) is 16.7 Å². The number of primary amides is 1. The zero-order chi connectivity index (χ0) is 24.3. The fourth-order valence-corrected chi connectivity index (χ4v) is 4.76. The van der Waals surface area contributed by atoms with Crippen molar-refractivity contribution in [2.75, 3.05) is 5.73 Å². The number of halogens is 1. The van der Waals surface area contributed by atoms with Crippen LogP contribution < -0.4 is 16.8 Å². The van der Waals surface area contributed by atoms with Crippen molar-refractivity contribution in [1.29, 1.82) is 0 Å². The number of anilines is 1. The molecular formula is C22H24FN5O3S2. The number of hydrogen-bond donors (Lipinski definition) is 3. The number of benzene rings is 1. The smallest absolute Gasteiger partial charge is 0.270 e. The Balaban J connectivity index is 2.13. The number of amides is 3. The summed E-state index contributed by atoms with van der Waals surface area (Å²) < 4.78 is 18.4. The SMILES string of the molecule is CC(C)(C)NC(=O)C(c1cccs1)N(Cc1ccccc1F)C(=O)c1snc(C(N)=O)c1N. The summed E-state index contributed by atoms with van der Waals surface area (Å²) in [6, 6.07) is 8.40. The van der Waals surface area contributed by atoms with Gasteiger partial charge in [-0.05, 0) is 49.8 Å². The molecule has 3 amide bonds. The molecule has 174 valence electrons. The Labute approximate surface area is 198 Å². The van der Waals surface area contributed by atoms with Crippen LogP contribution in [0.15, 0.2) is 41.8 Å². The summed E-state index contributed by atoms with van der Waals surface area (Å²) in [5.41, 5.74) is 10.5. The third-order valence-corrected chi connectivity index (χ3v) is 6.36. The molecule has 0 spiro atoms. The standard InChI is InChI=1S/C22H24FN5O3S2/c1-22(2,3)26-20(30)17(14-9-6-10-32-14)28(11-12-7-4-5-8-13(12)23)21(31)18-15(24)16(19(25)29)27-33-18/h4-10,17H,11,24H2,1-3H3,(H2,25,29)(H,26,30). The zero-order valence-corrected chi connectivity index (χ0v) is 19.9. The molecule has 11 heteroatoms. The molecule has 2 aromatic heterocycles. The molecule has 1 atom stereocenters. The van der Waals surface area contributed by atoms with E-state index in [4.69, 9.17) is 11.5 Å². The molecule has 3 aromatic rings. The first-order valence-electron chi connectivity index (χ1n) is 9.94. The molecule has 33 heavy (non-hydrogen) atoms. The average molecular weight is 490 g/mol. The first-order valence-corrected chi connectivity index (χ1v) is 11.6. The van der Waals surface area contributed by atoms with Crippen molar-refractivity contribution >= 4 is 46.3 Å². The fourth-order valence-electron chi connectivity index (χ4n) is 3.16. The van der Waals surface area contributed by atoms with Crippen LogP contribution in [0.3, 0.4) is 0 Å². The monoisotopic (exact) mass is 489 g/mol. The second-order valence-electron chi connectivity index (χ2n) is 8.32. The summed E-state index contributed by atoms with van der Waals surface area (Å²) in [7, 11) is 0. The summed E-state index contributed by atoms with van der Waals surface area (Å²) in [5, 5.41) is 4.68. The Kier molecular flexibility index (Phi) is 7.13. The maximum atomic E-state index is 14.6. The van der Waals surface area contributed by atoms with Gasteiger partial charge in [0.25, 0.3) is 11.8 Å². The highest BCUT2D eigenvalue weighted by Gasteiger charge is 2.37. The van der Waals surface area contributed by atoms with Crippen LogP contribution in [0.25, 0.3) is 0 Å². The number of nitrogens with zero attached hydrogens (tertiary/aromatic N) is 2. The van der Waals surface area contributed by atoms with E-state index in [1.54, 1.807) is 23.6 Å². The number of rotatable bonds is 7. The van der Waals surface area contributed by atoms with Crippen molar-refractivity contribution in [1.82, 2.24) is 14.6 Å². The highest BCUT2D eigenvalue weighted by atomic mass is 32.1. The number of thiophene rings is 1. The van der Waals surface area contributed by atoms with Crippen molar-refractivity contribution in [2.24, 2.45) is 5.73 Å². The van der Waals surface area contributed by atoms with E-state index < -0.39 is 35.1 Å². The van der Waals surface area contributed by atoms with Crippen LogP contribution in [0.4, 0.5) is 10.1 Å². The van der Waals surface area contributed by atoms with Crippen LogP contribution in [-0.4, -0.2) is 32.5 Å². The molecule has 8 nitrogen and oxygen atoms in total. The van der Waals surface area contributed by atoms with E-state index in [0.29, 0.717) is 16.4 Å². The largest absolute Gasteiger partial charge is 0.395 e. The van der Waals surface area contributed by atoms with Gasteiger partial charge in [0.05, 0.1) is 12.2 Å². The van der Waals surface area contributed by atoms with Gasteiger partial charge in [-0.2, -0.15) is 4.37 Å². The normalized spacial score (nSPS) is 12.2. The van der Waals surface area contributed by atoms with Gasteiger partial charge in [-0.3, -0.25) is 14.4 Å². The molecule has 0 aliphatic rings. The van der Waals surface area contributed by atoms with Gasteiger partial charge in [-0.15, -0.1) is 11.3 Å². The molecular weight excluding hydrogens is 465 g/mol. The molecule has 0 saturated heterocycles. The summed E-state index contributed by atoms with van der Waals surface area (Å²) in [6.45, 7) is 5.24. The first kappa shape index (κ1) is 24.3. The second kappa shape index (κ2) is 9.67. The van der Waals surface area contributed by atoms with E-state index in [-0.39, 0.29) is 28.4 Å². The van der Waals surface area contributed by atoms with Crippen molar-refractivity contribution in [3.63, 3.8) is 0 Å². The Hall–Kier alpha value is -3.31. The molecule has 0 bridgehead atoms. The molecule has 1 aromatic carbocycles. The third-order valence-electron chi connectivity index (χ3n) is 4.59. The Morgan fingerprint density at radius 3 is 2.42 bits per heavy atom. The van der Waals surface area contributed by atoms with Crippen molar-refractivity contribution in [3.8, 4) is 0 Å². The molecule has 0 aliphatic carbocycles. The van der Waals surface area contributed by atoms with Crippen LogP contribution in [0.2, 0.25) is 0 Å². The van der Waals surface area contributed by atoms with Crippen LogP contribution >= 0.6 is 22.9 Å². The Morgan fingerprint density at radius 1 is 1.18 bits per heavy atom. The minimum atomic E-state index is -1.07. The molecule has 5 N–H and O–H groups in total. The molecule has 2 heterocycles. The molecule has 3 rings (SSSR count). The van der Waals surface area contributed by atoms with Crippen LogP contribution in [-0.2, 0) is 11.3 Å². The Morgan fingerprint density at radius 2 is 1.88 bits per heavy atom. The van der Waals surface area contributed by atoms with Gasteiger partial charge < -0.3 is 21.7 Å². The van der Waals surface area contributed by atoms with Crippen LogP contribution in [0.1, 0.15) is 57.4 Å². The number of nitrogens with two attached hydrogens (primary N) is 2. The van der Waals surface area contributed by atoms with E-state index >= 15 is 0 Å². The van der Waals surface area contributed by atoms with Crippen molar-refractivity contribution < 1.29 is 18.8 Å². The Bertz CT molecular complexity index is 1170. The number of carbonyl (C=O) groups excluding carboxylic acids is 3. The first-order chi connectivity index (χ1) is 15.5. The summed E-state index contributed by atoms with van der Waals surface area (Å²) in [4.78, 5) is 40.5. The lowest BCUT2D eigenvalue weighted by atomic mass is 10.1. The van der Waals surface area contributed by atoms with Gasteiger partial charge in [0.15, 0.2) is 5.69 Å². The van der Waals surface area contributed by atoms with E-state index in [1.807, 2.05) is 20.8 Å². The number of nitrogen functional groups attached to an aromatic ring is 1. The minimum absolute atomic E-state index is 0.0507. The molecule has 0 saturated carbocycles.